The third-order valence-electron chi connectivity index (χ3n) is 22.4. The minimum atomic E-state index is -4.98. The predicted molar refractivity (Wildman–Crippen MR) is 422 cm³/mol. The third kappa shape index (κ3) is 38.9. The minimum Gasteiger partial charge on any atom is -0.396 e. The van der Waals surface area contributed by atoms with Gasteiger partial charge in [-0.1, -0.05) is 33.6 Å². The molecular weight excluding hydrogens is 1610 g/mol. The second kappa shape index (κ2) is 56.3. The van der Waals surface area contributed by atoms with Gasteiger partial charge in [-0.15, -0.1) is 0 Å². The number of Topliss-reactive ketones (excluding diaryl/α,β-unsaturated/α-hetero) is 5. The van der Waals surface area contributed by atoms with Crippen molar-refractivity contribution in [3.8, 4) is 0 Å². The Bertz CT molecular complexity index is 2880. The molecule has 40 heteroatoms. The van der Waals surface area contributed by atoms with Gasteiger partial charge in [0, 0.05) is 147 Å². The molecule has 119 heavy (non-hydrogen) atoms. The predicted octanol–water partition coefficient (Wildman–Crippen LogP) is 2.34. The van der Waals surface area contributed by atoms with E-state index in [2.05, 4.69) is 15.2 Å². The lowest BCUT2D eigenvalue weighted by Gasteiger charge is -2.40. The largest absolute Gasteiger partial charge is 0.472 e. The molecule has 1 aliphatic carbocycles. The summed E-state index contributed by atoms with van der Waals surface area (Å²) in [6, 6.07) is -1.02. The molecule has 5 fully saturated rings. The number of rotatable bonds is 65. The lowest BCUT2D eigenvalue weighted by Crippen LogP contribution is -2.59. The fourth-order valence-corrected chi connectivity index (χ4v) is 16.6. The van der Waals surface area contributed by atoms with Gasteiger partial charge in [0.25, 0.3) is 0 Å². The molecule has 23 atom stereocenters. The van der Waals surface area contributed by atoms with Crippen LogP contribution in [0.3, 0.4) is 0 Å². The van der Waals surface area contributed by atoms with Crippen LogP contribution in [0.25, 0.3) is 0 Å². The van der Waals surface area contributed by atoms with Gasteiger partial charge < -0.3 is 119 Å². The average molecular weight is 1750 g/mol. The first-order chi connectivity index (χ1) is 56.7. The van der Waals surface area contributed by atoms with Gasteiger partial charge in [-0.2, -0.15) is 0 Å². The van der Waals surface area contributed by atoms with Crippen LogP contribution < -0.4 is 10.6 Å². The molecule has 10 unspecified atom stereocenters. The molecule has 0 spiro atoms. The number of carbonyl (C=O) groups is 8. The third-order valence-corrected chi connectivity index (χ3v) is 24.5. The van der Waals surface area contributed by atoms with Crippen LogP contribution in [-0.4, -0.2) is 329 Å². The fourth-order valence-electron chi connectivity index (χ4n) is 15.0. The Balaban J connectivity index is 1.17. The van der Waals surface area contributed by atoms with Gasteiger partial charge in [0.05, 0.1) is 115 Å². The molecule has 4 aliphatic heterocycles. The summed E-state index contributed by atoms with van der Waals surface area (Å²) in [5, 5.41) is 106. The number of nitrogens with zero attached hydrogens (tertiary/aromatic N) is 1. The first kappa shape index (κ1) is 106. The summed E-state index contributed by atoms with van der Waals surface area (Å²) in [6.07, 6.45) is -5.97. The van der Waals surface area contributed by atoms with Crippen molar-refractivity contribution in [2.24, 2.45) is 23.7 Å². The van der Waals surface area contributed by atoms with E-state index in [0.29, 0.717) is 129 Å². The monoisotopic (exact) mass is 1750 g/mol. The van der Waals surface area contributed by atoms with Crippen LogP contribution in [0, 0.1) is 23.7 Å². The number of unbranched alkanes of at least 4 members (excludes halogenated alkanes) is 8. The SMILES string of the molecule is COP(=O)(O)OC1C[C@H](C)O[C@@H]1COP(=O)(O)O[C@@H]1C[C@@H](CO)N(C(=O)CC(=O)NC(COCCC(=O)CCCCCC(=O)CCCCO[C@@H]2OC(CO)[C@H](O)[C@H](O)C2C)(COCCC(=O)CCCCCC(=O)CCCCO[C@@H]2CC(CO)[C@H](O)[C@H](O)C2C)COCCC(=O)NCCCCC(=O)CCCCO[C@@H]2OC(CO)[C@H](O)[C@H](O)C2C)C1. The molecule has 0 aromatic heterocycles. The number of hydrogen-bond donors (Lipinski definition) is 14. The zero-order valence-corrected chi connectivity index (χ0v) is 71.8. The van der Waals surface area contributed by atoms with E-state index in [9.17, 15) is 108 Å². The molecule has 5 aliphatic rings. The van der Waals surface area contributed by atoms with E-state index in [0.717, 1.165) is 12.0 Å². The second-order valence-corrected chi connectivity index (χ2v) is 35.3. The van der Waals surface area contributed by atoms with E-state index in [-0.39, 0.29) is 145 Å². The number of carbonyl (C=O) groups excluding carboxylic acids is 8. The quantitative estimate of drug-likeness (QED) is 0.0236. The van der Waals surface area contributed by atoms with Crippen molar-refractivity contribution >= 4 is 62.3 Å². The second-order valence-electron chi connectivity index (χ2n) is 32.3. The van der Waals surface area contributed by atoms with Crippen molar-refractivity contribution < 1.29 is 169 Å². The van der Waals surface area contributed by atoms with Gasteiger partial charge in [0.1, 0.15) is 77.5 Å². The Morgan fingerprint density at radius 1 is 0.445 bits per heavy atom. The first-order valence-electron chi connectivity index (χ1n) is 42.4. The number of likely N-dealkylation sites (tertiary alicyclic amines) is 1. The molecule has 4 heterocycles. The number of phosphoric acid groups is 2. The van der Waals surface area contributed by atoms with Crippen molar-refractivity contribution in [1.82, 2.24) is 15.5 Å². The van der Waals surface area contributed by atoms with E-state index in [1.165, 1.54) is 0 Å². The summed E-state index contributed by atoms with van der Waals surface area (Å²) in [5.74, 6) is -4.30. The number of hydrogen-bond acceptors (Lipinski definition) is 33. The van der Waals surface area contributed by atoms with E-state index >= 15 is 0 Å². The maximum atomic E-state index is 14.4. The van der Waals surface area contributed by atoms with Crippen LogP contribution in [0.5, 0.6) is 0 Å². The Morgan fingerprint density at radius 3 is 1.35 bits per heavy atom. The van der Waals surface area contributed by atoms with Crippen LogP contribution >= 0.6 is 15.6 Å². The van der Waals surface area contributed by atoms with E-state index in [1.807, 2.05) is 0 Å². The van der Waals surface area contributed by atoms with Crippen molar-refractivity contribution in [3.63, 3.8) is 0 Å². The highest BCUT2D eigenvalue weighted by Crippen LogP contribution is 2.50. The van der Waals surface area contributed by atoms with Crippen molar-refractivity contribution in [2.45, 2.75) is 317 Å². The highest BCUT2D eigenvalue weighted by atomic mass is 31.2. The first-order valence-corrected chi connectivity index (χ1v) is 45.4. The van der Waals surface area contributed by atoms with Crippen LogP contribution in [-0.2, 0) is 108 Å². The molecule has 3 amide bonds. The van der Waals surface area contributed by atoms with Gasteiger partial charge in [0.15, 0.2) is 12.6 Å². The molecule has 5 rings (SSSR count). The molecule has 1 saturated carbocycles. The van der Waals surface area contributed by atoms with Gasteiger partial charge in [-0.25, -0.2) is 9.13 Å². The smallest absolute Gasteiger partial charge is 0.396 e. The van der Waals surface area contributed by atoms with Crippen LogP contribution in [0.1, 0.15) is 214 Å². The van der Waals surface area contributed by atoms with Crippen molar-refractivity contribution in [3.05, 3.63) is 0 Å². The number of aliphatic hydroxyl groups excluding tert-OH is 10. The van der Waals surface area contributed by atoms with Gasteiger partial charge in [-0.3, -0.25) is 56.5 Å². The van der Waals surface area contributed by atoms with E-state index in [1.54, 1.807) is 27.7 Å². The summed E-state index contributed by atoms with van der Waals surface area (Å²) in [6.45, 7) is 3.04. The minimum absolute atomic E-state index is 0.0126. The van der Waals surface area contributed by atoms with Gasteiger partial charge in [0.2, 0.25) is 17.7 Å². The summed E-state index contributed by atoms with van der Waals surface area (Å²) < 4.78 is 98.6. The molecular formula is C79H139N3O35P2. The number of ketones is 5. The summed E-state index contributed by atoms with van der Waals surface area (Å²) in [4.78, 5) is 128. The van der Waals surface area contributed by atoms with Gasteiger partial charge in [-0.05, 0) is 96.8 Å². The van der Waals surface area contributed by atoms with Gasteiger partial charge >= 0.3 is 15.6 Å². The van der Waals surface area contributed by atoms with E-state index < -0.39 is 208 Å². The van der Waals surface area contributed by atoms with Crippen LogP contribution in [0.15, 0.2) is 0 Å². The maximum Gasteiger partial charge on any atom is 0.472 e. The standard InChI is InChI=1S/C79H139N3O35P2/c1-51-38-64(117-118(101,102)105-5)67(113-51)47-112-119(103,104)116-62-40-56(44-84)82(42-62)70(94)41-69(93)81-79(48-106-35-28-60(90)22-10-6-8-20-57(87)25-13-17-32-109-63-39-55(43-83)74(98)71(95)52(63)2,49-107-36-29-61(91)23-11-7-9-21-58(88)26-14-18-33-110-77-53(3)72(96)75(99)65(45-85)114-77)50-108-37-30-68(92)80-31-16-12-24-59(89)27-15-19-34-111-78-54(4)73(97)76(100)66(46-86)115-78/h51-56,62-67,71-78,83-86,95-100H,6-50H2,1-5H3,(H,80,92)(H,81,93)(H,101,102)(H,103,104)/t51-,52?,53?,54?,55?,56-,62+,63+,64?,65?,66?,67+,71+,72+,73+,74-,75-,76-,77+,78+,79?/m0/s1. The molecule has 0 radical (unpaired) electrons. The maximum absolute atomic E-state index is 14.4. The molecule has 4 saturated heterocycles. The Labute approximate surface area is 697 Å². The van der Waals surface area contributed by atoms with E-state index in [4.69, 9.17) is 56.2 Å². The normalized spacial score (nSPS) is 29.4. The number of aliphatic hydroxyl groups is 10. The highest BCUT2D eigenvalue weighted by molar-refractivity contribution is 7.47. The number of phosphoric ester groups is 2. The highest BCUT2D eigenvalue weighted by Gasteiger charge is 2.47. The number of nitrogens with one attached hydrogen (secondary N) is 2. The average Bonchev–Trinajstić information content (AvgIpc) is 1.78. The zero-order chi connectivity index (χ0) is 87.7. The Morgan fingerprint density at radius 2 is 0.891 bits per heavy atom. The Hall–Kier alpha value is -3.78. The Kier molecular flexibility index (Phi) is 50.1. The lowest BCUT2D eigenvalue weighted by atomic mass is 9.77. The molecule has 690 valence electrons. The number of ether oxygens (including phenoxy) is 9. The molecule has 0 aromatic carbocycles. The van der Waals surface area contributed by atoms with Crippen LogP contribution in [0.4, 0.5) is 0 Å². The summed E-state index contributed by atoms with van der Waals surface area (Å²) in [5.41, 5.74) is -1.69. The molecule has 0 bridgehead atoms. The lowest BCUT2D eigenvalue weighted by molar-refractivity contribution is -0.282. The number of amides is 3. The fraction of sp³-hybridized carbons (Fsp3) is 0.899. The molecule has 38 nitrogen and oxygen atoms in total. The van der Waals surface area contributed by atoms with Crippen molar-refractivity contribution in [2.75, 3.05) is 113 Å². The summed E-state index contributed by atoms with van der Waals surface area (Å²) in [7, 11) is -8.52. The van der Waals surface area contributed by atoms with Crippen LogP contribution in [0.2, 0.25) is 0 Å². The van der Waals surface area contributed by atoms with Crippen molar-refractivity contribution in [1.29, 1.82) is 0 Å². The zero-order valence-electron chi connectivity index (χ0n) is 70.0. The summed E-state index contributed by atoms with van der Waals surface area (Å²) >= 11 is 0. The molecule has 0 aromatic rings. The topological polar surface area (TPSA) is 561 Å². The molecule has 14 N–H and O–H groups in total.